The Kier molecular flexibility index (Phi) is 5.16. The second-order valence-electron chi connectivity index (χ2n) is 7.57. The number of nitrogens with one attached hydrogen (secondary N) is 1. The van der Waals surface area contributed by atoms with Crippen LogP contribution in [0.25, 0.3) is 0 Å². The molecule has 1 aliphatic rings. The van der Waals surface area contributed by atoms with Crippen LogP contribution in [0.5, 0.6) is 0 Å². The van der Waals surface area contributed by atoms with Gasteiger partial charge >= 0.3 is 0 Å². The highest BCUT2D eigenvalue weighted by Crippen LogP contribution is 2.25. The molecule has 138 valence electrons. The molecule has 0 radical (unpaired) electrons. The quantitative estimate of drug-likeness (QED) is 0.895. The van der Waals surface area contributed by atoms with Crippen LogP contribution in [-0.2, 0) is 0 Å². The number of anilines is 1. The lowest BCUT2D eigenvalue weighted by Gasteiger charge is -2.35. The Morgan fingerprint density at radius 3 is 2.38 bits per heavy atom. The van der Waals surface area contributed by atoms with Crippen molar-refractivity contribution in [3.05, 3.63) is 53.0 Å². The van der Waals surface area contributed by atoms with E-state index in [1.807, 2.05) is 30.9 Å². The van der Waals surface area contributed by atoms with Crippen LogP contribution in [-0.4, -0.2) is 29.8 Å². The van der Waals surface area contributed by atoms with Gasteiger partial charge in [-0.25, -0.2) is 0 Å². The monoisotopic (exact) mass is 354 g/mol. The van der Waals surface area contributed by atoms with E-state index in [9.17, 15) is 9.59 Å². The topological polar surface area (TPSA) is 62.6 Å². The molecule has 1 aromatic heterocycles. The molecule has 2 aromatic rings. The fraction of sp³-hybridized carbons (Fsp3) is 0.429. The smallest absolute Gasteiger partial charge is 0.291 e. The normalized spacial score (nSPS) is 20.1. The molecule has 0 aliphatic carbocycles. The Morgan fingerprint density at radius 2 is 1.77 bits per heavy atom. The zero-order chi connectivity index (χ0) is 18.8. The van der Waals surface area contributed by atoms with Crippen molar-refractivity contribution < 1.29 is 14.0 Å². The van der Waals surface area contributed by atoms with Crippen LogP contribution in [0, 0.1) is 25.7 Å². The van der Waals surface area contributed by atoms with Gasteiger partial charge in [-0.3, -0.25) is 9.59 Å². The van der Waals surface area contributed by atoms with Gasteiger partial charge in [-0.15, -0.1) is 0 Å². The van der Waals surface area contributed by atoms with E-state index < -0.39 is 0 Å². The summed E-state index contributed by atoms with van der Waals surface area (Å²) in [7, 11) is 0. The molecule has 0 bridgehead atoms. The van der Waals surface area contributed by atoms with Gasteiger partial charge in [0.05, 0.1) is 6.26 Å². The first kappa shape index (κ1) is 18.2. The average molecular weight is 354 g/mol. The second kappa shape index (κ2) is 7.36. The lowest BCUT2D eigenvalue weighted by atomic mass is 9.91. The predicted octanol–water partition coefficient (Wildman–Crippen LogP) is 4.27. The first-order valence-electron chi connectivity index (χ1n) is 9.10. The number of furan rings is 1. The predicted molar refractivity (Wildman–Crippen MR) is 101 cm³/mol. The Hall–Kier alpha value is -2.56. The van der Waals surface area contributed by atoms with E-state index >= 15 is 0 Å². The molecule has 1 fully saturated rings. The number of benzene rings is 1. The lowest BCUT2D eigenvalue weighted by Crippen LogP contribution is -2.42. The molecule has 2 atom stereocenters. The number of carbonyl (C=O) groups is 2. The molecule has 0 saturated carbocycles. The number of piperidine rings is 1. The highest BCUT2D eigenvalue weighted by Gasteiger charge is 2.26. The third-order valence-electron chi connectivity index (χ3n) is 4.96. The number of rotatable bonds is 3. The summed E-state index contributed by atoms with van der Waals surface area (Å²) in [5.41, 5.74) is 2.92. The fourth-order valence-corrected chi connectivity index (χ4v) is 3.69. The van der Waals surface area contributed by atoms with E-state index in [0.717, 1.165) is 30.6 Å². The number of likely N-dealkylation sites (tertiary alicyclic amines) is 1. The van der Waals surface area contributed by atoms with Gasteiger partial charge in [0, 0.05) is 29.9 Å². The Morgan fingerprint density at radius 1 is 1.08 bits per heavy atom. The van der Waals surface area contributed by atoms with E-state index in [-0.39, 0.29) is 11.8 Å². The Bertz CT molecular complexity index is 814. The van der Waals surface area contributed by atoms with Gasteiger partial charge in [0.15, 0.2) is 5.76 Å². The summed E-state index contributed by atoms with van der Waals surface area (Å²) in [6.45, 7) is 9.66. The van der Waals surface area contributed by atoms with Crippen molar-refractivity contribution in [3.63, 3.8) is 0 Å². The maximum atomic E-state index is 12.9. The Balaban J connectivity index is 1.80. The van der Waals surface area contributed by atoms with Crippen molar-refractivity contribution in [3.8, 4) is 0 Å². The minimum Gasteiger partial charge on any atom is -0.459 e. The van der Waals surface area contributed by atoms with Crippen molar-refractivity contribution in [2.24, 2.45) is 11.8 Å². The molecule has 5 heteroatoms. The molecule has 1 aromatic carbocycles. The van der Waals surface area contributed by atoms with Gasteiger partial charge < -0.3 is 14.6 Å². The van der Waals surface area contributed by atoms with E-state index in [0.29, 0.717) is 28.8 Å². The molecule has 5 nitrogen and oxygen atoms in total. The standard InChI is InChI=1S/C21H26N2O3/c1-13-9-14(2)12-23(11-13)21(25)17-6-5-15(3)18(10-17)22-20(24)19-16(4)7-8-26-19/h5-8,10,13-14H,9,11-12H2,1-4H3,(H,22,24). The van der Waals surface area contributed by atoms with Crippen molar-refractivity contribution in [2.75, 3.05) is 18.4 Å². The maximum absolute atomic E-state index is 12.9. The lowest BCUT2D eigenvalue weighted by molar-refractivity contribution is 0.0623. The summed E-state index contributed by atoms with van der Waals surface area (Å²) in [6, 6.07) is 7.21. The fourth-order valence-electron chi connectivity index (χ4n) is 3.69. The second-order valence-corrected chi connectivity index (χ2v) is 7.57. The number of hydrogen-bond donors (Lipinski definition) is 1. The molecule has 3 rings (SSSR count). The summed E-state index contributed by atoms with van der Waals surface area (Å²) in [5, 5.41) is 2.87. The summed E-state index contributed by atoms with van der Waals surface area (Å²) in [6.07, 6.45) is 2.65. The van der Waals surface area contributed by atoms with Gasteiger partial charge in [-0.2, -0.15) is 0 Å². The molecule has 1 saturated heterocycles. The maximum Gasteiger partial charge on any atom is 0.291 e. The van der Waals surface area contributed by atoms with Crippen LogP contribution in [0.15, 0.2) is 34.9 Å². The molecular formula is C21H26N2O3. The SMILES string of the molecule is Cc1ccc(C(=O)N2CC(C)CC(C)C2)cc1NC(=O)c1occc1C. The summed E-state index contributed by atoms with van der Waals surface area (Å²) < 4.78 is 5.25. The molecule has 26 heavy (non-hydrogen) atoms. The van der Waals surface area contributed by atoms with Crippen LogP contribution >= 0.6 is 0 Å². The van der Waals surface area contributed by atoms with Crippen LogP contribution in [0.2, 0.25) is 0 Å². The molecule has 1 N–H and O–H groups in total. The minimum atomic E-state index is -0.305. The first-order valence-corrected chi connectivity index (χ1v) is 9.10. The Labute approximate surface area is 154 Å². The zero-order valence-corrected chi connectivity index (χ0v) is 15.8. The number of carbonyl (C=O) groups excluding carboxylic acids is 2. The summed E-state index contributed by atoms with van der Waals surface area (Å²) >= 11 is 0. The van der Waals surface area contributed by atoms with Crippen LogP contribution < -0.4 is 5.32 Å². The van der Waals surface area contributed by atoms with E-state index in [4.69, 9.17) is 4.42 Å². The summed E-state index contributed by atoms with van der Waals surface area (Å²) in [4.78, 5) is 27.3. The van der Waals surface area contributed by atoms with Gasteiger partial charge in [0.1, 0.15) is 0 Å². The minimum absolute atomic E-state index is 0.0214. The zero-order valence-electron chi connectivity index (χ0n) is 15.8. The number of amides is 2. The third-order valence-corrected chi connectivity index (χ3v) is 4.96. The molecule has 2 unspecified atom stereocenters. The number of hydrogen-bond acceptors (Lipinski definition) is 3. The van der Waals surface area contributed by atoms with E-state index in [1.165, 1.54) is 6.26 Å². The van der Waals surface area contributed by atoms with Crippen LogP contribution in [0.3, 0.4) is 0 Å². The van der Waals surface area contributed by atoms with Gasteiger partial charge in [0.25, 0.3) is 11.8 Å². The van der Waals surface area contributed by atoms with Crippen molar-refractivity contribution in [1.82, 2.24) is 4.90 Å². The van der Waals surface area contributed by atoms with Gasteiger partial charge in [0.2, 0.25) is 0 Å². The largest absolute Gasteiger partial charge is 0.459 e. The highest BCUT2D eigenvalue weighted by atomic mass is 16.3. The average Bonchev–Trinajstić information content (AvgIpc) is 3.01. The molecule has 2 heterocycles. The van der Waals surface area contributed by atoms with Crippen LogP contribution in [0.4, 0.5) is 5.69 Å². The van der Waals surface area contributed by atoms with Crippen molar-refractivity contribution in [2.45, 2.75) is 34.1 Å². The first-order chi connectivity index (χ1) is 12.3. The molecule has 2 amide bonds. The highest BCUT2D eigenvalue weighted by molar-refractivity contribution is 6.04. The van der Waals surface area contributed by atoms with Gasteiger partial charge in [-0.05, 0) is 55.9 Å². The third kappa shape index (κ3) is 3.82. The molecular weight excluding hydrogens is 328 g/mol. The number of nitrogens with zero attached hydrogens (tertiary/aromatic N) is 1. The van der Waals surface area contributed by atoms with Gasteiger partial charge in [-0.1, -0.05) is 19.9 Å². The van der Waals surface area contributed by atoms with Crippen molar-refractivity contribution in [1.29, 1.82) is 0 Å². The van der Waals surface area contributed by atoms with Crippen LogP contribution in [0.1, 0.15) is 52.3 Å². The summed E-state index contributed by atoms with van der Waals surface area (Å²) in [5.74, 6) is 1.02. The van der Waals surface area contributed by atoms with Crippen molar-refractivity contribution >= 4 is 17.5 Å². The number of aryl methyl sites for hydroxylation is 2. The molecule has 1 aliphatic heterocycles. The van der Waals surface area contributed by atoms with E-state index in [2.05, 4.69) is 19.2 Å². The molecule has 0 spiro atoms. The van der Waals surface area contributed by atoms with E-state index in [1.54, 1.807) is 12.1 Å².